The molecule has 1 aliphatic heterocycles. The van der Waals surface area contributed by atoms with Crippen molar-refractivity contribution in [1.29, 1.82) is 0 Å². The summed E-state index contributed by atoms with van der Waals surface area (Å²) in [5.41, 5.74) is 1.06. The molecule has 0 bridgehead atoms. The Morgan fingerprint density at radius 1 is 1.03 bits per heavy atom. The molecule has 9 nitrogen and oxygen atoms in total. The first-order valence-electron chi connectivity index (χ1n) is 10.6. The third-order valence-corrected chi connectivity index (χ3v) is 4.89. The van der Waals surface area contributed by atoms with E-state index in [1.165, 1.54) is 14.2 Å². The van der Waals surface area contributed by atoms with Crippen LogP contribution in [-0.4, -0.2) is 62.4 Å². The van der Waals surface area contributed by atoms with Crippen LogP contribution in [-0.2, 0) is 23.8 Å². The predicted octanol–water partition coefficient (Wildman–Crippen LogP) is 3.39. The van der Waals surface area contributed by atoms with Crippen molar-refractivity contribution >= 4 is 29.4 Å². The number of nitrogens with one attached hydrogen (secondary N) is 2. The summed E-state index contributed by atoms with van der Waals surface area (Å²) in [6.45, 7) is 7.78. The lowest BCUT2D eigenvalue weighted by atomic mass is 9.97. The second-order valence-corrected chi connectivity index (χ2v) is 8.57. The number of rotatable bonds is 7. The maximum atomic E-state index is 12.2. The number of hydrogen-bond donors (Lipinski definition) is 2. The fraction of sp³-hybridized carbons (Fsp3) is 0.522. The van der Waals surface area contributed by atoms with Crippen LogP contribution in [0.4, 0.5) is 16.2 Å². The lowest BCUT2D eigenvalue weighted by Crippen LogP contribution is -2.42. The minimum absolute atomic E-state index is 0.0168. The average molecular weight is 448 g/mol. The zero-order valence-corrected chi connectivity index (χ0v) is 19.4. The summed E-state index contributed by atoms with van der Waals surface area (Å²) in [7, 11) is 2.47. The molecule has 1 aliphatic rings. The summed E-state index contributed by atoms with van der Waals surface area (Å²) >= 11 is 0. The summed E-state index contributed by atoms with van der Waals surface area (Å²) in [5, 5.41) is 6.28. The van der Waals surface area contributed by atoms with Crippen LogP contribution in [0.5, 0.6) is 0 Å². The molecule has 32 heavy (non-hydrogen) atoms. The molecule has 2 N–H and O–H groups in total. The quantitative estimate of drug-likeness (QED) is 0.372. The summed E-state index contributed by atoms with van der Waals surface area (Å²) in [4.78, 5) is 37.2. The summed E-state index contributed by atoms with van der Waals surface area (Å²) in [5.74, 6) is -0.871. The van der Waals surface area contributed by atoms with Gasteiger partial charge in [-0.2, -0.15) is 0 Å². The predicted molar refractivity (Wildman–Crippen MR) is 121 cm³/mol. The molecule has 9 heteroatoms. The Hall–Kier alpha value is -3.23. The molecular formula is C23H33N3O6. The lowest BCUT2D eigenvalue weighted by molar-refractivity contribution is -0.138. The minimum atomic E-state index is -0.671. The number of nitrogens with zero attached hydrogens (tertiary/aromatic N) is 1. The van der Waals surface area contributed by atoms with Gasteiger partial charge in [0.1, 0.15) is 11.3 Å². The highest BCUT2D eigenvalue weighted by molar-refractivity contribution is 5.98. The number of amides is 1. The van der Waals surface area contributed by atoms with Crippen LogP contribution >= 0.6 is 0 Å². The third-order valence-electron chi connectivity index (χ3n) is 4.89. The van der Waals surface area contributed by atoms with Gasteiger partial charge in [-0.05, 0) is 63.8 Å². The molecule has 2 rings (SSSR count). The fourth-order valence-corrected chi connectivity index (χ4v) is 3.17. The van der Waals surface area contributed by atoms with E-state index >= 15 is 0 Å². The standard InChI is InChI=1S/C23H33N3O6/c1-23(2,3)32-22(29)26-12-10-16(11-13-26)15-24-17-6-8-18(9-7-17)25-19(21(28)31-5)14-20(27)30-4/h6-9,14,16,24-25H,10-13,15H2,1-5H3/b19-14+. The number of carbonyl (C=O) groups is 3. The monoisotopic (exact) mass is 447 g/mol. The van der Waals surface area contributed by atoms with Gasteiger partial charge >= 0.3 is 18.0 Å². The highest BCUT2D eigenvalue weighted by atomic mass is 16.6. The highest BCUT2D eigenvalue weighted by Gasteiger charge is 2.26. The van der Waals surface area contributed by atoms with Gasteiger partial charge in [-0.3, -0.25) is 0 Å². The Bertz CT molecular complexity index is 821. The second kappa shape index (κ2) is 11.4. The van der Waals surface area contributed by atoms with Crippen LogP contribution in [0.1, 0.15) is 33.6 Å². The Kier molecular flexibility index (Phi) is 8.92. The summed E-state index contributed by atoms with van der Waals surface area (Å²) in [6.07, 6.45) is 2.61. The molecule has 176 valence electrons. The van der Waals surface area contributed by atoms with Gasteiger partial charge in [-0.25, -0.2) is 14.4 Å². The van der Waals surface area contributed by atoms with Crippen molar-refractivity contribution in [3.05, 3.63) is 36.0 Å². The number of anilines is 2. The van der Waals surface area contributed by atoms with Crippen LogP contribution < -0.4 is 10.6 Å². The number of carbonyl (C=O) groups excluding carboxylic acids is 3. The number of methoxy groups -OCH3 is 2. The number of benzene rings is 1. The topological polar surface area (TPSA) is 106 Å². The molecule has 1 aromatic carbocycles. The van der Waals surface area contributed by atoms with E-state index in [1.54, 1.807) is 17.0 Å². The molecule has 0 aromatic heterocycles. The number of hydrogen-bond acceptors (Lipinski definition) is 8. The van der Waals surface area contributed by atoms with Crippen molar-refractivity contribution in [3.8, 4) is 0 Å². The van der Waals surface area contributed by atoms with Crippen molar-refractivity contribution in [2.45, 2.75) is 39.2 Å². The molecule has 1 aromatic rings. The van der Waals surface area contributed by atoms with Crippen LogP contribution in [0.3, 0.4) is 0 Å². The van der Waals surface area contributed by atoms with Gasteiger partial charge in [0.25, 0.3) is 0 Å². The Morgan fingerprint density at radius 3 is 2.16 bits per heavy atom. The van der Waals surface area contributed by atoms with Crippen molar-refractivity contribution in [3.63, 3.8) is 0 Å². The van der Waals surface area contributed by atoms with Gasteiger partial charge in [0.05, 0.1) is 20.3 Å². The molecule has 1 amide bonds. The van der Waals surface area contributed by atoms with Gasteiger partial charge in [0.2, 0.25) is 0 Å². The van der Waals surface area contributed by atoms with E-state index in [2.05, 4.69) is 20.1 Å². The first kappa shape index (κ1) is 25.0. The molecule has 1 fully saturated rings. The van der Waals surface area contributed by atoms with Crippen molar-refractivity contribution < 1.29 is 28.6 Å². The van der Waals surface area contributed by atoms with Crippen LogP contribution in [0.25, 0.3) is 0 Å². The second-order valence-electron chi connectivity index (χ2n) is 8.57. The highest BCUT2D eigenvalue weighted by Crippen LogP contribution is 2.21. The minimum Gasteiger partial charge on any atom is -0.466 e. The maximum absolute atomic E-state index is 12.2. The van der Waals surface area contributed by atoms with E-state index in [0.717, 1.165) is 31.1 Å². The summed E-state index contributed by atoms with van der Waals surface area (Å²) < 4.78 is 14.7. The zero-order chi connectivity index (χ0) is 23.7. The van der Waals surface area contributed by atoms with E-state index in [-0.39, 0.29) is 11.8 Å². The van der Waals surface area contributed by atoms with Crippen LogP contribution in [0, 0.1) is 5.92 Å². The SMILES string of the molecule is COC(=O)/C=C(/Nc1ccc(NCC2CCN(C(=O)OC(C)(C)C)CC2)cc1)C(=O)OC. The average Bonchev–Trinajstić information content (AvgIpc) is 2.76. The molecule has 0 spiro atoms. The zero-order valence-electron chi connectivity index (χ0n) is 19.4. The van der Waals surface area contributed by atoms with Gasteiger partial charge in [-0.1, -0.05) is 0 Å². The number of esters is 2. The van der Waals surface area contributed by atoms with Crippen molar-refractivity contribution in [1.82, 2.24) is 4.90 Å². The van der Waals surface area contributed by atoms with E-state index in [9.17, 15) is 14.4 Å². The molecule has 0 saturated carbocycles. The van der Waals surface area contributed by atoms with Gasteiger partial charge in [0.15, 0.2) is 0 Å². The largest absolute Gasteiger partial charge is 0.466 e. The van der Waals surface area contributed by atoms with Gasteiger partial charge in [-0.15, -0.1) is 0 Å². The molecule has 1 saturated heterocycles. The maximum Gasteiger partial charge on any atom is 0.410 e. The van der Waals surface area contributed by atoms with E-state index < -0.39 is 17.5 Å². The normalized spacial score (nSPS) is 15.0. The van der Waals surface area contributed by atoms with Gasteiger partial charge < -0.3 is 29.7 Å². The Balaban J connectivity index is 1.83. The first-order chi connectivity index (χ1) is 15.1. The molecule has 0 unspecified atom stereocenters. The number of ether oxygens (including phenoxy) is 3. The third kappa shape index (κ3) is 8.13. The van der Waals surface area contributed by atoms with Crippen molar-refractivity contribution in [2.24, 2.45) is 5.92 Å². The first-order valence-corrected chi connectivity index (χ1v) is 10.6. The Morgan fingerprint density at radius 2 is 1.62 bits per heavy atom. The van der Waals surface area contributed by atoms with E-state index in [0.29, 0.717) is 24.7 Å². The van der Waals surface area contributed by atoms with Crippen LogP contribution in [0.2, 0.25) is 0 Å². The molecule has 0 aliphatic carbocycles. The number of likely N-dealkylation sites (tertiary alicyclic amines) is 1. The Labute approximate surface area is 189 Å². The van der Waals surface area contributed by atoms with Crippen molar-refractivity contribution in [2.75, 3.05) is 44.5 Å². The molecule has 0 radical (unpaired) electrons. The smallest absolute Gasteiger partial charge is 0.410 e. The van der Waals surface area contributed by atoms with E-state index in [1.807, 2.05) is 32.9 Å². The molecular weight excluding hydrogens is 414 g/mol. The summed E-state index contributed by atoms with van der Waals surface area (Å²) in [6, 6.07) is 7.35. The van der Waals surface area contributed by atoms with Gasteiger partial charge in [0, 0.05) is 31.0 Å². The molecule has 0 atom stereocenters. The lowest BCUT2D eigenvalue weighted by Gasteiger charge is -2.33. The fourth-order valence-electron chi connectivity index (χ4n) is 3.17. The van der Waals surface area contributed by atoms with Crippen LogP contribution in [0.15, 0.2) is 36.0 Å². The number of piperidine rings is 1. The molecule has 1 heterocycles. The van der Waals surface area contributed by atoms with E-state index in [4.69, 9.17) is 4.74 Å².